The summed E-state index contributed by atoms with van der Waals surface area (Å²) in [5.41, 5.74) is 2.39. The lowest BCUT2D eigenvalue weighted by atomic mass is 9.97. The first-order chi connectivity index (χ1) is 12.1. The van der Waals surface area contributed by atoms with Crippen molar-refractivity contribution in [1.82, 2.24) is 0 Å². The first-order valence-electron chi connectivity index (χ1n) is 8.22. The number of hydrogen-bond acceptors (Lipinski definition) is 3. The predicted molar refractivity (Wildman–Crippen MR) is 105 cm³/mol. The topological polar surface area (TPSA) is 38.7 Å². The standard InChI is InChI=1S/C21H21BrO3/c1-14(23)13-25-20-5-3-4-18-19(24-2)11-8-16(21(18)20)12-15-6-9-17(22)10-7-15/h3-11,14,23H,12-13H2,1-2H3. The van der Waals surface area contributed by atoms with Gasteiger partial charge in [0.25, 0.3) is 0 Å². The molecule has 3 nitrogen and oxygen atoms in total. The number of benzene rings is 3. The van der Waals surface area contributed by atoms with Gasteiger partial charge in [-0.25, -0.2) is 0 Å². The van der Waals surface area contributed by atoms with Gasteiger partial charge in [0.1, 0.15) is 18.1 Å². The summed E-state index contributed by atoms with van der Waals surface area (Å²) >= 11 is 3.47. The van der Waals surface area contributed by atoms with Crippen LogP contribution >= 0.6 is 15.9 Å². The molecule has 0 heterocycles. The number of aliphatic hydroxyl groups excluding tert-OH is 1. The third kappa shape index (κ3) is 4.14. The summed E-state index contributed by atoms with van der Waals surface area (Å²) in [5.74, 6) is 1.58. The van der Waals surface area contributed by atoms with Crippen LogP contribution in [0.25, 0.3) is 10.8 Å². The fourth-order valence-corrected chi connectivity index (χ4v) is 3.16. The summed E-state index contributed by atoms with van der Waals surface area (Å²) in [6.07, 6.45) is 0.277. The molecule has 130 valence electrons. The van der Waals surface area contributed by atoms with Crippen LogP contribution in [0.2, 0.25) is 0 Å². The van der Waals surface area contributed by atoms with Gasteiger partial charge in [-0.3, -0.25) is 0 Å². The number of fused-ring (bicyclic) bond motifs is 1. The Balaban J connectivity index is 2.08. The van der Waals surface area contributed by atoms with Crippen molar-refractivity contribution >= 4 is 26.7 Å². The Bertz CT molecular complexity index is 857. The molecule has 0 saturated heterocycles. The van der Waals surface area contributed by atoms with Crippen molar-refractivity contribution in [1.29, 1.82) is 0 Å². The van der Waals surface area contributed by atoms with Crippen molar-refractivity contribution in [2.24, 2.45) is 0 Å². The van der Waals surface area contributed by atoms with Gasteiger partial charge in [-0.05, 0) is 48.7 Å². The van der Waals surface area contributed by atoms with Crippen LogP contribution in [0.15, 0.2) is 59.1 Å². The van der Waals surface area contributed by atoms with E-state index < -0.39 is 6.10 Å². The van der Waals surface area contributed by atoms with Gasteiger partial charge in [0, 0.05) is 15.2 Å². The molecule has 3 aromatic carbocycles. The van der Waals surface area contributed by atoms with E-state index in [4.69, 9.17) is 9.47 Å². The summed E-state index contributed by atoms with van der Waals surface area (Å²) in [5, 5.41) is 11.6. The van der Waals surface area contributed by atoms with Gasteiger partial charge in [0.2, 0.25) is 0 Å². The lowest BCUT2D eigenvalue weighted by molar-refractivity contribution is 0.123. The zero-order valence-electron chi connectivity index (χ0n) is 14.3. The van der Waals surface area contributed by atoms with Crippen LogP contribution in [0.4, 0.5) is 0 Å². The summed E-state index contributed by atoms with van der Waals surface area (Å²) in [6, 6.07) is 18.3. The summed E-state index contributed by atoms with van der Waals surface area (Å²) in [6.45, 7) is 1.97. The highest BCUT2D eigenvalue weighted by Crippen LogP contribution is 2.36. The Labute approximate surface area is 156 Å². The van der Waals surface area contributed by atoms with Crippen molar-refractivity contribution in [2.75, 3.05) is 13.7 Å². The lowest BCUT2D eigenvalue weighted by Gasteiger charge is -2.16. The van der Waals surface area contributed by atoms with E-state index in [1.807, 2.05) is 36.4 Å². The quantitative estimate of drug-likeness (QED) is 0.635. The van der Waals surface area contributed by atoms with Gasteiger partial charge in [-0.2, -0.15) is 0 Å². The SMILES string of the molecule is COc1ccc(Cc2ccc(Br)cc2)c2c(OCC(C)O)cccc12. The third-order valence-electron chi connectivity index (χ3n) is 4.06. The van der Waals surface area contributed by atoms with Crippen LogP contribution in [0, 0.1) is 0 Å². The third-order valence-corrected chi connectivity index (χ3v) is 4.59. The van der Waals surface area contributed by atoms with E-state index in [0.29, 0.717) is 0 Å². The van der Waals surface area contributed by atoms with Crippen molar-refractivity contribution in [3.63, 3.8) is 0 Å². The molecule has 1 N–H and O–H groups in total. The number of methoxy groups -OCH3 is 1. The highest BCUT2D eigenvalue weighted by molar-refractivity contribution is 9.10. The van der Waals surface area contributed by atoms with Crippen LogP contribution in [0.3, 0.4) is 0 Å². The Kier molecular flexibility index (Phi) is 5.61. The number of hydrogen-bond donors (Lipinski definition) is 1. The van der Waals surface area contributed by atoms with E-state index in [1.165, 1.54) is 11.1 Å². The van der Waals surface area contributed by atoms with E-state index in [9.17, 15) is 5.11 Å². The molecule has 0 aliphatic rings. The van der Waals surface area contributed by atoms with Crippen molar-refractivity contribution in [2.45, 2.75) is 19.4 Å². The maximum absolute atomic E-state index is 9.56. The maximum atomic E-state index is 9.56. The molecule has 0 bridgehead atoms. The average molecular weight is 401 g/mol. The molecule has 4 heteroatoms. The van der Waals surface area contributed by atoms with E-state index in [1.54, 1.807) is 14.0 Å². The molecule has 3 aromatic rings. The van der Waals surface area contributed by atoms with Gasteiger partial charge < -0.3 is 14.6 Å². The highest BCUT2D eigenvalue weighted by atomic mass is 79.9. The summed E-state index contributed by atoms with van der Waals surface area (Å²) in [4.78, 5) is 0. The van der Waals surface area contributed by atoms with E-state index in [-0.39, 0.29) is 6.61 Å². The monoisotopic (exact) mass is 400 g/mol. The molecule has 0 amide bonds. The van der Waals surface area contributed by atoms with Gasteiger partial charge in [-0.15, -0.1) is 0 Å². The number of halogens is 1. The molecular weight excluding hydrogens is 380 g/mol. The molecular formula is C21H21BrO3. The Morgan fingerprint density at radius 2 is 1.76 bits per heavy atom. The number of ether oxygens (including phenoxy) is 2. The average Bonchev–Trinajstić information content (AvgIpc) is 2.62. The number of rotatable bonds is 6. The van der Waals surface area contributed by atoms with E-state index in [0.717, 1.165) is 33.2 Å². The van der Waals surface area contributed by atoms with Crippen molar-refractivity contribution in [3.05, 3.63) is 70.2 Å². The molecule has 3 rings (SSSR count). The van der Waals surface area contributed by atoms with Crippen LogP contribution in [0.5, 0.6) is 11.5 Å². The van der Waals surface area contributed by atoms with Crippen LogP contribution in [-0.2, 0) is 6.42 Å². The predicted octanol–water partition coefficient (Wildman–Crippen LogP) is 4.96. The second-order valence-corrected chi connectivity index (χ2v) is 6.98. The minimum absolute atomic E-state index is 0.258. The molecule has 0 radical (unpaired) electrons. The second kappa shape index (κ2) is 7.89. The van der Waals surface area contributed by atoms with Crippen LogP contribution in [-0.4, -0.2) is 24.9 Å². The Hall–Kier alpha value is -2.04. The lowest BCUT2D eigenvalue weighted by Crippen LogP contribution is -2.13. The van der Waals surface area contributed by atoms with Crippen molar-refractivity contribution in [3.8, 4) is 11.5 Å². The normalized spacial score (nSPS) is 12.2. The Morgan fingerprint density at radius 3 is 2.44 bits per heavy atom. The molecule has 25 heavy (non-hydrogen) atoms. The van der Waals surface area contributed by atoms with Gasteiger partial charge in [-0.1, -0.05) is 46.3 Å². The van der Waals surface area contributed by atoms with Crippen LogP contribution < -0.4 is 9.47 Å². The molecule has 0 aromatic heterocycles. The van der Waals surface area contributed by atoms with Crippen molar-refractivity contribution < 1.29 is 14.6 Å². The first-order valence-corrected chi connectivity index (χ1v) is 9.01. The summed E-state index contributed by atoms with van der Waals surface area (Å²) in [7, 11) is 1.67. The van der Waals surface area contributed by atoms with E-state index in [2.05, 4.69) is 34.1 Å². The maximum Gasteiger partial charge on any atom is 0.127 e. The van der Waals surface area contributed by atoms with E-state index >= 15 is 0 Å². The fraction of sp³-hybridized carbons (Fsp3) is 0.238. The molecule has 0 aliphatic carbocycles. The van der Waals surface area contributed by atoms with Crippen LogP contribution in [0.1, 0.15) is 18.1 Å². The largest absolute Gasteiger partial charge is 0.496 e. The smallest absolute Gasteiger partial charge is 0.127 e. The minimum Gasteiger partial charge on any atom is -0.496 e. The number of aliphatic hydroxyl groups is 1. The summed E-state index contributed by atoms with van der Waals surface area (Å²) < 4.78 is 12.4. The molecule has 0 spiro atoms. The minimum atomic E-state index is -0.518. The highest BCUT2D eigenvalue weighted by Gasteiger charge is 2.13. The molecule has 1 atom stereocenters. The zero-order chi connectivity index (χ0) is 17.8. The molecule has 0 aliphatic heterocycles. The molecule has 1 unspecified atom stereocenters. The second-order valence-electron chi connectivity index (χ2n) is 6.07. The van der Waals surface area contributed by atoms with Gasteiger partial charge in [0.15, 0.2) is 0 Å². The fourth-order valence-electron chi connectivity index (χ4n) is 2.90. The molecule has 0 fully saturated rings. The molecule has 0 saturated carbocycles. The Morgan fingerprint density at radius 1 is 1.00 bits per heavy atom. The van der Waals surface area contributed by atoms with Gasteiger partial charge >= 0.3 is 0 Å². The van der Waals surface area contributed by atoms with Gasteiger partial charge in [0.05, 0.1) is 13.2 Å². The first kappa shape index (κ1) is 17.8. The zero-order valence-corrected chi connectivity index (χ0v) is 15.9.